The highest BCUT2D eigenvalue weighted by Crippen LogP contribution is 2.43. The summed E-state index contributed by atoms with van der Waals surface area (Å²) < 4.78 is 23.5. The number of likely N-dealkylation sites (N-methyl/N-ethyl adjacent to an activating group) is 1. The predicted octanol–water partition coefficient (Wildman–Crippen LogP) is 12.4. The Morgan fingerprint density at radius 2 is 1.00 bits per heavy atom. The first-order valence-electron chi connectivity index (χ1n) is 22.6. The van der Waals surface area contributed by atoms with Gasteiger partial charge in [0.1, 0.15) is 13.2 Å². The number of carbonyl (C=O) groups is 1. The number of amides is 1. The molecule has 0 aromatic heterocycles. The molecule has 0 aromatic carbocycles. The van der Waals surface area contributed by atoms with Gasteiger partial charge in [-0.2, -0.15) is 0 Å². The van der Waals surface area contributed by atoms with Crippen LogP contribution >= 0.6 is 7.82 Å². The number of phosphoric acid groups is 1. The van der Waals surface area contributed by atoms with E-state index in [0.29, 0.717) is 17.4 Å². The lowest BCUT2D eigenvalue weighted by molar-refractivity contribution is -0.870. The zero-order chi connectivity index (χ0) is 39.3. The number of aliphatic hydroxyl groups is 1. The Hall–Kier alpha value is -0.760. The lowest BCUT2D eigenvalue weighted by Gasteiger charge is -2.25. The Morgan fingerprint density at radius 3 is 1.40 bits per heavy atom. The number of hydrogen-bond donors (Lipinski definition) is 3. The molecule has 1 amide bonds. The van der Waals surface area contributed by atoms with Crippen LogP contribution in [0.5, 0.6) is 0 Å². The van der Waals surface area contributed by atoms with Gasteiger partial charge in [-0.1, -0.05) is 199 Å². The quantitative estimate of drug-likeness (QED) is 0.0247. The van der Waals surface area contributed by atoms with Crippen molar-refractivity contribution in [3.8, 4) is 0 Å². The first-order valence-corrected chi connectivity index (χ1v) is 24.1. The van der Waals surface area contributed by atoms with Crippen LogP contribution < -0.4 is 5.32 Å². The van der Waals surface area contributed by atoms with E-state index in [1.807, 2.05) is 27.2 Å². The molecular weight excluding hydrogens is 683 g/mol. The molecule has 53 heavy (non-hydrogen) atoms. The molecule has 0 radical (unpaired) electrons. The third kappa shape index (κ3) is 39.3. The SMILES string of the molecule is CCCCCCCCCCC/C=C/C(O)C(COP(=O)(O)OCC[N+](C)(C)C)NC(=O)CCCCCCCCCCCCCCCCCCCCCC. The van der Waals surface area contributed by atoms with Crippen molar-refractivity contribution in [1.82, 2.24) is 5.32 Å². The second kappa shape index (κ2) is 36.9. The maximum absolute atomic E-state index is 12.8. The lowest BCUT2D eigenvalue weighted by atomic mass is 10.0. The molecule has 316 valence electrons. The van der Waals surface area contributed by atoms with E-state index in [9.17, 15) is 19.4 Å². The number of rotatable bonds is 41. The van der Waals surface area contributed by atoms with Crippen molar-refractivity contribution in [3.63, 3.8) is 0 Å². The summed E-state index contributed by atoms with van der Waals surface area (Å²) in [7, 11) is 1.58. The van der Waals surface area contributed by atoms with Gasteiger partial charge in [-0.25, -0.2) is 4.57 Å². The molecule has 0 spiro atoms. The second-order valence-electron chi connectivity index (χ2n) is 16.8. The molecule has 0 rings (SSSR count). The van der Waals surface area contributed by atoms with Gasteiger partial charge in [-0.05, 0) is 19.3 Å². The van der Waals surface area contributed by atoms with Gasteiger partial charge < -0.3 is 19.8 Å². The van der Waals surface area contributed by atoms with E-state index in [2.05, 4.69) is 19.2 Å². The van der Waals surface area contributed by atoms with Gasteiger partial charge in [0.25, 0.3) is 0 Å². The molecule has 0 saturated heterocycles. The third-order valence-electron chi connectivity index (χ3n) is 10.3. The van der Waals surface area contributed by atoms with Gasteiger partial charge in [0, 0.05) is 6.42 Å². The lowest BCUT2D eigenvalue weighted by Crippen LogP contribution is -2.45. The number of aliphatic hydroxyl groups excluding tert-OH is 1. The number of nitrogens with zero attached hydrogens (tertiary/aromatic N) is 1. The highest BCUT2D eigenvalue weighted by atomic mass is 31.2. The highest BCUT2D eigenvalue weighted by molar-refractivity contribution is 7.47. The molecule has 0 aliphatic rings. The van der Waals surface area contributed by atoms with Gasteiger partial charge in [-0.15, -0.1) is 0 Å². The molecule has 3 N–H and O–H groups in total. The van der Waals surface area contributed by atoms with Crippen LogP contribution in [0.2, 0.25) is 0 Å². The second-order valence-corrected chi connectivity index (χ2v) is 18.2. The summed E-state index contributed by atoms with van der Waals surface area (Å²) in [6.45, 7) is 4.81. The van der Waals surface area contributed by atoms with E-state index in [4.69, 9.17) is 9.05 Å². The van der Waals surface area contributed by atoms with Crippen molar-refractivity contribution in [1.29, 1.82) is 0 Å². The van der Waals surface area contributed by atoms with Gasteiger partial charge in [0.2, 0.25) is 5.91 Å². The number of hydrogen-bond acceptors (Lipinski definition) is 5. The molecule has 0 saturated carbocycles. The first kappa shape index (κ1) is 52.2. The van der Waals surface area contributed by atoms with Crippen molar-refractivity contribution in [3.05, 3.63) is 12.2 Å². The zero-order valence-electron chi connectivity index (χ0n) is 35.8. The van der Waals surface area contributed by atoms with Gasteiger partial charge >= 0.3 is 7.82 Å². The smallest absolute Gasteiger partial charge is 0.387 e. The Morgan fingerprint density at radius 1 is 0.623 bits per heavy atom. The normalized spacial score (nSPS) is 14.5. The number of nitrogens with one attached hydrogen (secondary N) is 1. The summed E-state index contributed by atoms with van der Waals surface area (Å²) in [5.74, 6) is -0.175. The predicted molar refractivity (Wildman–Crippen MR) is 226 cm³/mol. The minimum atomic E-state index is -4.33. The average Bonchev–Trinajstić information content (AvgIpc) is 3.10. The Kier molecular flexibility index (Phi) is 36.3. The van der Waals surface area contributed by atoms with Crippen molar-refractivity contribution in [2.75, 3.05) is 40.9 Å². The van der Waals surface area contributed by atoms with Crippen LogP contribution in [-0.4, -0.2) is 73.4 Å². The molecule has 0 aliphatic heterocycles. The van der Waals surface area contributed by atoms with E-state index >= 15 is 0 Å². The minimum absolute atomic E-state index is 0.0644. The molecule has 8 nitrogen and oxygen atoms in total. The maximum atomic E-state index is 12.8. The van der Waals surface area contributed by atoms with Crippen LogP contribution in [0.4, 0.5) is 0 Å². The fourth-order valence-corrected chi connectivity index (χ4v) is 7.37. The largest absolute Gasteiger partial charge is 0.472 e. The average molecular weight is 774 g/mol. The van der Waals surface area contributed by atoms with E-state index in [1.165, 1.54) is 154 Å². The van der Waals surface area contributed by atoms with Crippen LogP contribution in [0.1, 0.15) is 213 Å². The van der Waals surface area contributed by atoms with E-state index in [-0.39, 0.29) is 19.1 Å². The highest BCUT2D eigenvalue weighted by Gasteiger charge is 2.27. The zero-order valence-corrected chi connectivity index (χ0v) is 36.7. The van der Waals surface area contributed by atoms with Crippen LogP contribution in [0.25, 0.3) is 0 Å². The van der Waals surface area contributed by atoms with E-state index in [1.54, 1.807) is 6.08 Å². The molecule has 0 heterocycles. The van der Waals surface area contributed by atoms with Crippen molar-refractivity contribution in [2.24, 2.45) is 0 Å². The Labute approximate surface area is 329 Å². The van der Waals surface area contributed by atoms with Crippen LogP contribution in [0, 0.1) is 0 Å². The minimum Gasteiger partial charge on any atom is -0.387 e. The Balaban J connectivity index is 4.28. The standard InChI is InChI=1S/C44H89N2O6P/c1-6-8-10-12-14-16-18-19-20-21-22-23-24-25-26-28-30-32-34-36-38-44(48)45-42(41-52-53(49,50)51-40-39-46(3,4)5)43(47)37-35-33-31-29-27-17-15-13-11-9-7-2/h35,37,42-43,47H,6-34,36,38-41H2,1-5H3,(H-,45,48,49,50)/p+1/b37-35+. The first-order chi connectivity index (χ1) is 25.5. The summed E-state index contributed by atoms with van der Waals surface area (Å²) in [4.78, 5) is 23.1. The number of carbonyl (C=O) groups excluding carboxylic acids is 1. The molecule has 0 bridgehead atoms. The summed E-state index contributed by atoms with van der Waals surface area (Å²) in [6.07, 6.45) is 41.4. The van der Waals surface area contributed by atoms with E-state index in [0.717, 1.165) is 38.5 Å². The fraction of sp³-hybridized carbons (Fsp3) is 0.932. The molecule has 3 atom stereocenters. The summed E-state index contributed by atoms with van der Waals surface area (Å²) in [5, 5.41) is 13.8. The summed E-state index contributed by atoms with van der Waals surface area (Å²) in [5.41, 5.74) is 0. The third-order valence-corrected chi connectivity index (χ3v) is 11.2. The van der Waals surface area contributed by atoms with Crippen LogP contribution in [0.3, 0.4) is 0 Å². The number of quaternary nitrogens is 1. The number of unbranched alkanes of at least 4 members (excludes halogenated alkanes) is 28. The number of phosphoric ester groups is 1. The summed E-state index contributed by atoms with van der Waals surface area (Å²) >= 11 is 0. The monoisotopic (exact) mass is 774 g/mol. The maximum Gasteiger partial charge on any atom is 0.472 e. The number of allylic oxidation sites excluding steroid dienone is 1. The summed E-state index contributed by atoms with van der Waals surface area (Å²) in [6, 6.07) is -0.838. The molecule has 0 fully saturated rings. The van der Waals surface area contributed by atoms with Crippen molar-refractivity contribution in [2.45, 2.75) is 225 Å². The van der Waals surface area contributed by atoms with Crippen LogP contribution in [-0.2, 0) is 18.4 Å². The van der Waals surface area contributed by atoms with E-state index < -0.39 is 20.0 Å². The van der Waals surface area contributed by atoms with Crippen molar-refractivity contribution < 1.29 is 32.9 Å². The topological polar surface area (TPSA) is 105 Å². The molecular formula is C44H90N2O6P+. The van der Waals surface area contributed by atoms with Gasteiger partial charge in [0.05, 0.1) is 39.9 Å². The fourth-order valence-electron chi connectivity index (χ4n) is 6.63. The van der Waals surface area contributed by atoms with Crippen LogP contribution in [0.15, 0.2) is 12.2 Å². The molecule has 0 aromatic rings. The van der Waals surface area contributed by atoms with Crippen molar-refractivity contribution >= 4 is 13.7 Å². The molecule has 3 unspecified atom stereocenters. The van der Waals surface area contributed by atoms with Gasteiger partial charge in [-0.3, -0.25) is 13.8 Å². The Bertz CT molecular complexity index is 880. The molecule has 0 aliphatic carbocycles. The van der Waals surface area contributed by atoms with Gasteiger partial charge in [0.15, 0.2) is 0 Å². The molecule has 9 heteroatoms.